The maximum Gasteiger partial charge on any atom is 0.335 e. The van der Waals surface area contributed by atoms with Gasteiger partial charge >= 0.3 is 11.9 Å². The van der Waals surface area contributed by atoms with Gasteiger partial charge in [0.2, 0.25) is 0 Å². The number of hydrogen-bond donors (Lipinski definition) is 1. The number of fused-ring (bicyclic) bond motifs is 1. The molecule has 1 unspecified atom stereocenters. The summed E-state index contributed by atoms with van der Waals surface area (Å²) >= 11 is 0. The van der Waals surface area contributed by atoms with E-state index in [4.69, 9.17) is 9.84 Å². The first kappa shape index (κ1) is 17.2. The van der Waals surface area contributed by atoms with Crippen LogP contribution in [-0.4, -0.2) is 35.1 Å². The molecule has 0 saturated carbocycles. The van der Waals surface area contributed by atoms with Gasteiger partial charge in [0.1, 0.15) is 0 Å². The molecule has 2 aromatic carbocycles. The molecule has 0 spiro atoms. The summed E-state index contributed by atoms with van der Waals surface area (Å²) in [7, 11) is 0. The third-order valence-corrected chi connectivity index (χ3v) is 4.42. The highest BCUT2D eigenvalue weighted by atomic mass is 16.5. The number of carbonyl (C=O) groups excluding carboxylic acids is 1. The fraction of sp³-hybridized carbons (Fsp3) is 0.300. The second-order valence-electron chi connectivity index (χ2n) is 6.18. The van der Waals surface area contributed by atoms with Crippen LogP contribution in [0, 0.1) is 0 Å². The molecule has 2 aromatic rings. The van der Waals surface area contributed by atoms with Crippen LogP contribution in [0.25, 0.3) is 0 Å². The Hall–Kier alpha value is -2.66. The number of aromatic carboxylic acids is 1. The molecule has 0 saturated heterocycles. The SMILES string of the molecule is CCOC(=O)C1CN(Cc2cccc(C(=O)O)c2)Cc2ccccc21. The maximum atomic E-state index is 12.4. The van der Waals surface area contributed by atoms with Crippen LogP contribution in [0.4, 0.5) is 0 Å². The number of nitrogens with zero attached hydrogens (tertiary/aromatic N) is 1. The van der Waals surface area contributed by atoms with E-state index in [0.29, 0.717) is 19.7 Å². The highest BCUT2D eigenvalue weighted by Gasteiger charge is 2.31. The molecule has 130 valence electrons. The number of esters is 1. The monoisotopic (exact) mass is 339 g/mol. The van der Waals surface area contributed by atoms with Gasteiger partial charge in [-0.05, 0) is 35.7 Å². The van der Waals surface area contributed by atoms with Gasteiger partial charge < -0.3 is 9.84 Å². The molecular formula is C20H21NO4. The molecule has 0 bridgehead atoms. The van der Waals surface area contributed by atoms with Gasteiger partial charge in [0, 0.05) is 19.6 Å². The van der Waals surface area contributed by atoms with Crippen molar-refractivity contribution in [2.45, 2.75) is 25.9 Å². The van der Waals surface area contributed by atoms with Gasteiger partial charge in [-0.3, -0.25) is 9.69 Å². The second kappa shape index (κ2) is 7.49. The summed E-state index contributed by atoms with van der Waals surface area (Å²) in [6.45, 7) is 4.04. The molecule has 25 heavy (non-hydrogen) atoms. The highest BCUT2D eigenvalue weighted by Crippen LogP contribution is 2.30. The average molecular weight is 339 g/mol. The quantitative estimate of drug-likeness (QED) is 0.848. The number of rotatable bonds is 5. The molecule has 1 atom stereocenters. The fourth-order valence-corrected chi connectivity index (χ4v) is 3.31. The summed E-state index contributed by atoms with van der Waals surface area (Å²) in [4.78, 5) is 25.7. The summed E-state index contributed by atoms with van der Waals surface area (Å²) in [6.07, 6.45) is 0. The Morgan fingerprint density at radius 3 is 2.76 bits per heavy atom. The number of carbonyl (C=O) groups is 2. The molecule has 1 N–H and O–H groups in total. The zero-order chi connectivity index (χ0) is 17.8. The van der Waals surface area contributed by atoms with Crippen molar-refractivity contribution >= 4 is 11.9 Å². The van der Waals surface area contributed by atoms with Gasteiger partial charge in [0.25, 0.3) is 0 Å². The number of hydrogen-bond acceptors (Lipinski definition) is 4. The molecule has 1 aliphatic heterocycles. The molecule has 5 heteroatoms. The summed E-state index contributed by atoms with van der Waals surface area (Å²) in [5.41, 5.74) is 3.33. The number of benzene rings is 2. The normalized spacial score (nSPS) is 16.9. The van der Waals surface area contributed by atoms with E-state index in [1.165, 1.54) is 0 Å². The van der Waals surface area contributed by atoms with Crippen molar-refractivity contribution in [1.29, 1.82) is 0 Å². The number of carboxylic acids is 1. The lowest BCUT2D eigenvalue weighted by molar-refractivity contribution is -0.145. The largest absolute Gasteiger partial charge is 0.478 e. The van der Waals surface area contributed by atoms with E-state index >= 15 is 0 Å². The number of carboxylic acid groups (broad SMARTS) is 1. The van der Waals surface area contributed by atoms with E-state index in [9.17, 15) is 9.59 Å². The van der Waals surface area contributed by atoms with Crippen molar-refractivity contribution < 1.29 is 19.4 Å². The van der Waals surface area contributed by atoms with Gasteiger partial charge in [-0.1, -0.05) is 36.4 Å². The molecule has 0 radical (unpaired) electrons. The summed E-state index contributed by atoms with van der Waals surface area (Å²) in [6, 6.07) is 14.8. The third-order valence-electron chi connectivity index (χ3n) is 4.42. The Bertz CT molecular complexity index is 787. The van der Waals surface area contributed by atoms with Crippen LogP contribution in [-0.2, 0) is 22.6 Å². The van der Waals surface area contributed by atoms with Crippen LogP contribution in [0.2, 0.25) is 0 Å². The summed E-state index contributed by atoms with van der Waals surface area (Å²) in [5.74, 6) is -1.46. The van der Waals surface area contributed by atoms with Crippen LogP contribution >= 0.6 is 0 Å². The summed E-state index contributed by atoms with van der Waals surface area (Å²) < 4.78 is 5.24. The molecule has 0 amide bonds. The van der Waals surface area contributed by atoms with E-state index < -0.39 is 5.97 Å². The minimum absolute atomic E-state index is 0.209. The molecule has 3 rings (SSSR count). The minimum atomic E-state index is -0.935. The molecule has 5 nitrogen and oxygen atoms in total. The molecule has 0 aromatic heterocycles. The minimum Gasteiger partial charge on any atom is -0.478 e. The molecular weight excluding hydrogens is 318 g/mol. The lowest BCUT2D eigenvalue weighted by atomic mass is 9.89. The first-order chi connectivity index (χ1) is 12.1. The van der Waals surface area contributed by atoms with E-state index in [-0.39, 0.29) is 17.5 Å². The Labute approximate surface area is 146 Å². The molecule has 1 aliphatic rings. The Morgan fingerprint density at radius 1 is 1.20 bits per heavy atom. The van der Waals surface area contributed by atoms with E-state index in [1.54, 1.807) is 18.2 Å². The third kappa shape index (κ3) is 3.88. The van der Waals surface area contributed by atoms with E-state index in [2.05, 4.69) is 4.90 Å². The lowest BCUT2D eigenvalue weighted by Crippen LogP contribution is -2.37. The first-order valence-corrected chi connectivity index (χ1v) is 8.37. The van der Waals surface area contributed by atoms with Crippen molar-refractivity contribution in [3.63, 3.8) is 0 Å². The summed E-state index contributed by atoms with van der Waals surface area (Å²) in [5, 5.41) is 9.14. The predicted octanol–water partition coefficient (Wildman–Crippen LogP) is 3.05. The molecule has 1 heterocycles. The number of ether oxygens (including phenoxy) is 1. The van der Waals surface area contributed by atoms with Crippen LogP contribution in [0.15, 0.2) is 48.5 Å². The zero-order valence-electron chi connectivity index (χ0n) is 14.1. The highest BCUT2D eigenvalue weighted by molar-refractivity contribution is 5.87. The van der Waals surface area contributed by atoms with Gasteiger partial charge in [-0.15, -0.1) is 0 Å². The van der Waals surface area contributed by atoms with Gasteiger partial charge in [-0.2, -0.15) is 0 Å². The van der Waals surface area contributed by atoms with Crippen molar-refractivity contribution in [1.82, 2.24) is 4.90 Å². The zero-order valence-corrected chi connectivity index (χ0v) is 14.1. The maximum absolute atomic E-state index is 12.4. The van der Waals surface area contributed by atoms with Crippen molar-refractivity contribution in [3.8, 4) is 0 Å². The smallest absolute Gasteiger partial charge is 0.335 e. The average Bonchev–Trinajstić information content (AvgIpc) is 2.61. The lowest BCUT2D eigenvalue weighted by Gasteiger charge is -2.33. The topological polar surface area (TPSA) is 66.8 Å². The van der Waals surface area contributed by atoms with Gasteiger partial charge in [-0.25, -0.2) is 4.79 Å². The van der Waals surface area contributed by atoms with Gasteiger partial charge in [0.05, 0.1) is 18.1 Å². The van der Waals surface area contributed by atoms with Crippen LogP contribution < -0.4 is 0 Å². The van der Waals surface area contributed by atoms with Crippen LogP contribution in [0.5, 0.6) is 0 Å². The van der Waals surface area contributed by atoms with Crippen molar-refractivity contribution in [2.75, 3.05) is 13.2 Å². The second-order valence-corrected chi connectivity index (χ2v) is 6.18. The molecule has 0 aliphatic carbocycles. The van der Waals surface area contributed by atoms with Crippen molar-refractivity contribution in [3.05, 3.63) is 70.8 Å². The van der Waals surface area contributed by atoms with Crippen LogP contribution in [0.1, 0.15) is 39.9 Å². The first-order valence-electron chi connectivity index (χ1n) is 8.37. The van der Waals surface area contributed by atoms with E-state index in [1.807, 2.05) is 37.3 Å². The predicted molar refractivity (Wildman–Crippen MR) is 93.3 cm³/mol. The molecule has 0 fully saturated rings. The standard InChI is InChI=1S/C20H21NO4/c1-2-25-20(24)18-13-21(12-16-7-3-4-9-17(16)18)11-14-6-5-8-15(10-14)19(22)23/h3-10,18H,2,11-13H2,1H3,(H,22,23). The Kier molecular flexibility index (Phi) is 5.14. The fourth-order valence-electron chi connectivity index (χ4n) is 3.31. The van der Waals surface area contributed by atoms with Gasteiger partial charge in [0.15, 0.2) is 0 Å². The van der Waals surface area contributed by atoms with E-state index in [0.717, 1.165) is 23.2 Å². The van der Waals surface area contributed by atoms with Crippen molar-refractivity contribution in [2.24, 2.45) is 0 Å². The van der Waals surface area contributed by atoms with Crippen LogP contribution in [0.3, 0.4) is 0 Å². The Balaban J connectivity index is 1.83. The Morgan fingerprint density at radius 2 is 2.00 bits per heavy atom.